The number of nitrogens with one attached hydrogen (secondary N) is 1. The van der Waals surface area contributed by atoms with Crippen LogP contribution in [0.5, 0.6) is 11.8 Å². The Balaban J connectivity index is 1.74. The van der Waals surface area contributed by atoms with Crippen LogP contribution in [0.25, 0.3) is 0 Å². The van der Waals surface area contributed by atoms with Gasteiger partial charge < -0.3 is 4.74 Å². The van der Waals surface area contributed by atoms with E-state index in [1.54, 1.807) is 0 Å². The molecule has 3 rings (SSSR count). The van der Waals surface area contributed by atoms with Gasteiger partial charge in [0.25, 0.3) is 0 Å². The van der Waals surface area contributed by atoms with Gasteiger partial charge in [0, 0.05) is 13.0 Å². The van der Waals surface area contributed by atoms with Crippen LogP contribution in [0.1, 0.15) is 6.42 Å². The first-order chi connectivity index (χ1) is 10.6. The van der Waals surface area contributed by atoms with E-state index in [0.29, 0.717) is 18.0 Å². The molecule has 7 nitrogen and oxygen atoms in total. The largest absolute Gasteiger partial charge is 0.423 e. The summed E-state index contributed by atoms with van der Waals surface area (Å²) < 4.78 is 6.54. The van der Waals surface area contributed by atoms with Gasteiger partial charge in [0.2, 0.25) is 5.91 Å². The molecule has 1 aromatic heterocycles. The number of nitrogens with zero attached hydrogens (tertiary/aromatic N) is 3. The average Bonchev–Trinajstić information content (AvgIpc) is 2.51. The van der Waals surface area contributed by atoms with E-state index in [9.17, 15) is 9.59 Å². The lowest BCUT2D eigenvalue weighted by atomic mass is 10.3. The molecule has 0 atom stereocenters. The van der Waals surface area contributed by atoms with Crippen molar-refractivity contribution in [2.24, 2.45) is 0 Å². The van der Waals surface area contributed by atoms with Crippen LogP contribution in [0.4, 0.5) is 10.5 Å². The zero-order valence-electron chi connectivity index (χ0n) is 11.3. The van der Waals surface area contributed by atoms with Gasteiger partial charge in [0.1, 0.15) is 5.75 Å². The lowest BCUT2D eigenvalue weighted by Crippen LogP contribution is -2.49. The summed E-state index contributed by atoms with van der Waals surface area (Å²) in [6.07, 6.45) is 3.24. The molecule has 1 aromatic carbocycles. The Morgan fingerprint density at radius 2 is 1.91 bits per heavy atom. The van der Waals surface area contributed by atoms with Crippen LogP contribution >= 0.6 is 22.6 Å². The number of ether oxygens (including phenoxy) is 1. The fourth-order valence-corrected chi connectivity index (χ4v) is 2.44. The molecule has 1 aliphatic heterocycles. The Morgan fingerprint density at radius 1 is 1.18 bits per heavy atom. The first-order valence-electron chi connectivity index (χ1n) is 6.49. The average molecular weight is 410 g/mol. The minimum atomic E-state index is -0.467. The number of halogens is 1. The number of hydrogen-bond donors (Lipinski definition) is 1. The minimum Gasteiger partial charge on any atom is -0.423 e. The normalized spacial score (nSPS) is 14.7. The first kappa shape index (κ1) is 14.7. The lowest BCUT2D eigenvalue weighted by molar-refractivity contribution is -0.120. The fraction of sp³-hybridized carbons (Fsp3) is 0.143. The van der Waals surface area contributed by atoms with E-state index < -0.39 is 6.03 Å². The molecule has 1 N–H and O–H groups in total. The Labute approximate surface area is 139 Å². The van der Waals surface area contributed by atoms with Crippen molar-refractivity contribution in [3.05, 3.63) is 40.2 Å². The number of imide groups is 1. The van der Waals surface area contributed by atoms with Gasteiger partial charge in [0.15, 0.2) is 0 Å². The number of carbonyl (C=O) groups is 2. The maximum atomic E-state index is 11.7. The highest BCUT2D eigenvalue weighted by Crippen LogP contribution is 2.24. The molecule has 3 amide bonds. The second-order valence-electron chi connectivity index (χ2n) is 4.51. The maximum Gasteiger partial charge on any atom is 0.328 e. The molecule has 8 heteroatoms. The fourth-order valence-electron chi connectivity index (χ4n) is 1.94. The Morgan fingerprint density at radius 3 is 2.59 bits per heavy atom. The van der Waals surface area contributed by atoms with Crippen LogP contribution in [0, 0.1) is 3.57 Å². The number of para-hydroxylation sites is 1. The molecule has 0 radical (unpaired) electrons. The number of anilines is 1. The SMILES string of the molecule is O=C1CCN(c2cnc(Oc3ccccc3I)nc2)C(=O)N1. The van der Waals surface area contributed by atoms with Gasteiger partial charge in [-0.2, -0.15) is 0 Å². The molecule has 0 saturated carbocycles. The van der Waals surface area contributed by atoms with Crippen molar-refractivity contribution in [1.29, 1.82) is 0 Å². The van der Waals surface area contributed by atoms with Crippen molar-refractivity contribution in [2.75, 3.05) is 11.4 Å². The highest BCUT2D eigenvalue weighted by molar-refractivity contribution is 14.1. The number of carbonyl (C=O) groups excluding carboxylic acids is 2. The van der Waals surface area contributed by atoms with E-state index >= 15 is 0 Å². The van der Waals surface area contributed by atoms with Crippen LogP contribution in [0.2, 0.25) is 0 Å². The molecule has 0 spiro atoms. The second kappa shape index (κ2) is 6.26. The molecule has 0 aliphatic carbocycles. The predicted molar refractivity (Wildman–Crippen MR) is 86.8 cm³/mol. The maximum absolute atomic E-state index is 11.7. The van der Waals surface area contributed by atoms with Crippen molar-refractivity contribution in [1.82, 2.24) is 15.3 Å². The zero-order chi connectivity index (χ0) is 15.5. The Bertz CT molecular complexity index is 720. The second-order valence-corrected chi connectivity index (χ2v) is 5.67. The molecule has 0 unspecified atom stereocenters. The highest BCUT2D eigenvalue weighted by Gasteiger charge is 2.24. The highest BCUT2D eigenvalue weighted by atomic mass is 127. The van der Waals surface area contributed by atoms with Crippen LogP contribution in [-0.2, 0) is 4.79 Å². The molecule has 1 aliphatic rings. The van der Waals surface area contributed by atoms with E-state index in [-0.39, 0.29) is 18.3 Å². The first-order valence-corrected chi connectivity index (χ1v) is 7.57. The standard InChI is InChI=1S/C14H11IN4O3/c15-10-3-1-2-4-11(10)22-13-16-7-9(8-17-13)19-6-5-12(20)18-14(19)21/h1-4,7-8H,5-6H2,(H,18,20,21). The third-order valence-corrected chi connectivity index (χ3v) is 3.91. The van der Waals surface area contributed by atoms with E-state index in [0.717, 1.165) is 3.57 Å². The lowest BCUT2D eigenvalue weighted by Gasteiger charge is -2.25. The molecule has 1 fully saturated rings. The Kier molecular flexibility index (Phi) is 4.18. The number of aromatic nitrogens is 2. The topological polar surface area (TPSA) is 84.4 Å². The van der Waals surface area contributed by atoms with Crippen molar-refractivity contribution in [2.45, 2.75) is 6.42 Å². The van der Waals surface area contributed by atoms with Crippen LogP contribution in [-0.4, -0.2) is 28.5 Å². The number of hydrogen-bond acceptors (Lipinski definition) is 5. The molecule has 2 heterocycles. The molecular weight excluding hydrogens is 399 g/mol. The Hall–Kier alpha value is -2.23. The van der Waals surface area contributed by atoms with Gasteiger partial charge in [-0.3, -0.25) is 15.0 Å². The van der Waals surface area contributed by atoms with Gasteiger partial charge in [-0.15, -0.1) is 0 Å². The van der Waals surface area contributed by atoms with Crippen LogP contribution in [0.15, 0.2) is 36.7 Å². The van der Waals surface area contributed by atoms with Gasteiger partial charge >= 0.3 is 12.0 Å². The van der Waals surface area contributed by atoms with Crippen molar-refractivity contribution in [3.63, 3.8) is 0 Å². The number of benzene rings is 1. The molecule has 1 saturated heterocycles. The van der Waals surface area contributed by atoms with Crippen molar-refractivity contribution in [3.8, 4) is 11.8 Å². The number of urea groups is 1. The summed E-state index contributed by atoms with van der Waals surface area (Å²) in [4.78, 5) is 32.5. The summed E-state index contributed by atoms with van der Waals surface area (Å²) in [5.74, 6) is 0.387. The third-order valence-electron chi connectivity index (χ3n) is 3.02. The summed E-state index contributed by atoms with van der Waals surface area (Å²) in [7, 11) is 0. The predicted octanol–water partition coefficient (Wildman–Crippen LogP) is 2.32. The number of rotatable bonds is 3. The molecule has 2 aromatic rings. The third kappa shape index (κ3) is 3.16. The molecule has 112 valence electrons. The van der Waals surface area contributed by atoms with Crippen molar-refractivity contribution < 1.29 is 14.3 Å². The minimum absolute atomic E-state index is 0.196. The summed E-state index contributed by atoms with van der Waals surface area (Å²) in [6, 6.07) is 7.24. The summed E-state index contributed by atoms with van der Waals surface area (Å²) in [5, 5.41) is 2.25. The van der Waals surface area contributed by atoms with Crippen molar-refractivity contribution >= 4 is 40.2 Å². The molecular formula is C14H11IN4O3. The zero-order valence-corrected chi connectivity index (χ0v) is 13.5. The van der Waals surface area contributed by atoms with E-state index in [1.165, 1.54) is 17.3 Å². The van der Waals surface area contributed by atoms with Crippen LogP contribution in [0.3, 0.4) is 0 Å². The van der Waals surface area contributed by atoms with Gasteiger partial charge in [-0.1, -0.05) is 12.1 Å². The smallest absolute Gasteiger partial charge is 0.328 e. The number of amides is 3. The van der Waals surface area contributed by atoms with E-state index in [2.05, 4.69) is 37.9 Å². The summed E-state index contributed by atoms with van der Waals surface area (Å²) in [6.45, 7) is 0.310. The quantitative estimate of drug-likeness (QED) is 0.786. The van der Waals surface area contributed by atoms with E-state index in [4.69, 9.17) is 4.74 Å². The van der Waals surface area contributed by atoms with Gasteiger partial charge in [-0.25, -0.2) is 14.8 Å². The summed E-state index contributed by atoms with van der Waals surface area (Å²) >= 11 is 2.16. The van der Waals surface area contributed by atoms with E-state index in [1.807, 2.05) is 24.3 Å². The van der Waals surface area contributed by atoms with Gasteiger partial charge in [0.05, 0.1) is 21.7 Å². The molecule has 0 bridgehead atoms. The molecule has 22 heavy (non-hydrogen) atoms. The summed E-state index contributed by atoms with van der Waals surface area (Å²) in [5.41, 5.74) is 0.514. The van der Waals surface area contributed by atoms with Gasteiger partial charge in [-0.05, 0) is 34.7 Å². The monoisotopic (exact) mass is 410 g/mol. The van der Waals surface area contributed by atoms with Crippen LogP contribution < -0.4 is 15.0 Å².